The molecular weight excluding hydrogens is 246 g/mol. The topological polar surface area (TPSA) is 37.4 Å². The number of benzene rings is 2. The van der Waals surface area contributed by atoms with Crippen LogP contribution in [0, 0.1) is 0 Å². The first-order chi connectivity index (χ1) is 8.44. The molecule has 0 heterocycles. The van der Waals surface area contributed by atoms with Gasteiger partial charge in [0.2, 0.25) is 0 Å². The van der Waals surface area contributed by atoms with E-state index in [1.54, 1.807) is 12.1 Å². The molecule has 0 spiro atoms. The molecule has 3 nitrogen and oxygen atoms in total. The van der Waals surface area contributed by atoms with Crippen LogP contribution in [0.1, 0.15) is 0 Å². The smallest absolute Gasteiger partial charge is 0.199 e. The van der Waals surface area contributed by atoms with Crippen molar-refractivity contribution in [2.75, 3.05) is 19.0 Å². The zero-order chi connectivity index (χ0) is 13.3. The van der Waals surface area contributed by atoms with Crippen LogP contribution in [0.5, 0.6) is 0 Å². The number of rotatable bonds is 3. The maximum atomic E-state index is 11.7. The maximum Gasteiger partial charge on any atom is 0.199 e. The summed E-state index contributed by atoms with van der Waals surface area (Å²) < 4.78 is 23.4. The van der Waals surface area contributed by atoms with Gasteiger partial charge in [-0.05, 0) is 35.0 Å². The normalized spacial score (nSPS) is 11.4. The fraction of sp³-hybridized carbons (Fsp3) is 0.143. The molecule has 2 aromatic rings. The van der Waals surface area contributed by atoms with Crippen molar-refractivity contribution in [2.45, 2.75) is 4.90 Å². The quantitative estimate of drug-likeness (QED) is 0.852. The fourth-order valence-corrected chi connectivity index (χ4v) is 2.50. The van der Waals surface area contributed by atoms with Crippen LogP contribution in [-0.2, 0) is 9.84 Å². The predicted octanol–water partition coefficient (Wildman–Crippen LogP) is 2.82. The summed E-state index contributed by atoms with van der Waals surface area (Å²) in [5, 5.41) is 2.90. The van der Waals surface area contributed by atoms with Crippen LogP contribution in [0.2, 0.25) is 0 Å². The number of nitrogens with zero attached hydrogens (tertiary/aromatic N) is 1. The number of hydrogen-bond donors (Lipinski definition) is 0. The van der Waals surface area contributed by atoms with Crippen LogP contribution < -0.4 is 4.90 Å². The molecule has 0 amide bonds. The number of fused-ring (bicyclic) bond motifs is 1. The SMILES string of the molecule is C=CS(=O)(=O)c1ccc2cc(N(C)C)ccc2c1. The Morgan fingerprint density at radius 2 is 1.67 bits per heavy atom. The zero-order valence-corrected chi connectivity index (χ0v) is 11.2. The second-order valence-electron chi connectivity index (χ2n) is 4.30. The highest BCUT2D eigenvalue weighted by atomic mass is 32.2. The minimum Gasteiger partial charge on any atom is -0.378 e. The van der Waals surface area contributed by atoms with E-state index in [0.717, 1.165) is 21.9 Å². The monoisotopic (exact) mass is 261 g/mol. The van der Waals surface area contributed by atoms with Crippen molar-refractivity contribution in [1.82, 2.24) is 0 Å². The molecular formula is C14H15NO2S. The molecule has 18 heavy (non-hydrogen) atoms. The van der Waals surface area contributed by atoms with Gasteiger partial charge in [-0.1, -0.05) is 18.7 Å². The number of hydrogen-bond acceptors (Lipinski definition) is 3. The fourth-order valence-electron chi connectivity index (χ4n) is 1.76. The summed E-state index contributed by atoms with van der Waals surface area (Å²) in [6, 6.07) is 11.0. The van der Waals surface area contributed by atoms with Gasteiger partial charge >= 0.3 is 0 Å². The second kappa shape index (κ2) is 4.46. The first-order valence-corrected chi connectivity index (χ1v) is 7.07. The molecule has 0 atom stereocenters. The van der Waals surface area contributed by atoms with Crippen LogP contribution in [0.25, 0.3) is 10.8 Å². The summed E-state index contributed by atoms with van der Waals surface area (Å²) in [5.74, 6) is 0. The molecule has 0 aromatic heterocycles. The molecule has 0 aliphatic carbocycles. The molecule has 0 saturated heterocycles. The maximum absolute atomic E-state index is 11.7. The van der Waals surface area contributed by atoms with Gasteiger partial charge in [-0.2, -0.15) is 0 Å². The van der Waals surface area contributed by atoms with Crippen molar-refractivity contribution in [3.63, 3.8) is 0 Å². The van der Waals surface area contributed by atoms with E-state index in [-0.39, 0.29) is 4.90 Å². The van der Waals surface area contributed by atoms with Gasteiger partial charge in [0.1, 0.15) is 0 Å². The van der Waals surface area contributed by atoms with E-state index < -0.39 is 9.84 Å². The molecule has 0 radical (unpaired) electrons. The van der Waals surface area contributed by atoms with Crippen molar-refractivity contribution in [2.24, 2.45) is 0 Å². The zero-order valence-electron chi connectivity index (χ0n) is 10.4. The summed E-state index contributed by atoms with van der Waals surface area (Å²) >= 11 is 0. The Morgan fingerprint density at radius 1 is 1.06 bits per heavy atom. The minimum atomic E-state index is -3.36. The van der Waals surface area contributed by atoms with Crippen LogP contribution in [0.4, 0.5) is 5.69 Å². The highest BCUT2D eigenvalue weighted by Crippen LogP contribution is 2.24. The van der Waals surface area contributed by atoms with Crippen LogP contribution in [0.15, 0.2) is 53.3 Å². The highest BCUT2D eigenvalue weighted by Gasteiger charge is 2.10. The van der Waals surface area contributed by atoms with Gasteiger partial charge in [0.15, 0.2) is 9.84 Å². The number of sulfone groups is 1. The van der Waals surface area contributed by atoms with E-state index in [1.807, 2.05) is 43.3 Å². The molecule has 94 valence electrons. The van der Waals surface area contributed by atoms with Gasteiger partial charge in [-0.3, -0.25) is 0 Å². The lowest BCUT2D eigenvalue weighted by Gasteiger charge is -2.13. The Kier molecular flexibility index (Phi) is 3.13. The third kappa shape index (κ3) is 2.24. The summed E-state index contributed by atoms with van der Waals surface area (Å²) in [7, 11) is 0.577. The molecule has 0 aliphatic heterocycles. The predicted molar refractivity (Wildman–Crippen MR) is 75.7 cm³/mol. The molecule has 0 aliphatic rings. The van der Waals surface area contributed by atoms with E-state index in [1.165, 1.54) is 0 Å². The Bertz CT molecular complexity index is 703. The summed E-state index contributed by atoms with van der Waals surface area (Å²) in [5.41, 5.74) is 1.09. The van der Waals surface area contributed by atoms with Gasteiger partial charge in [-0.15, -0.1) is 0 Å². The van der Waals surface area contributed by atoms with Crippen molar-refractivity contribution in [1.29, 1.82) is 0 Å². The first kappa shape index (κ1) is 12.6. The van der Waals surface area contributed by atoms with Gasteiger partial charge in [0.05, 0.1) is 4.90 Å². The molecule has 0 saturated carbocycles. The third-order valence-corrected chi connectivity index (χ3v) is 4.21. The summed E-state index contributed by atoms with van der Waals surface area (Å²) in [4.78, 5) is 2.29. The van der Waals surface area contributed by atoms with Crippen LogP contribution in [-0.4, -0.2) is 22.5 Å². The van der Waals surface area contributed by atoms with E-state index in [0.29, 0.717) is 0 Å². The Balaban J connectivity index is 2.61. The Morgan fingerprint density at radius 3 is 2.28 bits per heavy atom. The van der Waals surface area contributed by atoms with Crippen molar-refractivity contribution < 1.29 is 8.42 Å². The van der Waals surface area contributed by atoms with Gasteiger partial charge < -0.3 is 4.90 Å². The molecule has 0 bridgehead atoms. The van der Waals surface area contributed by atoms with E-state index in [2.05, 4.69) is 6.58 Å². The highest BCUT2D eigenvalue weighted by molar-refractivity contribution is 7.94. The lowest BCUT2D eigenvalue weighted by atomic mass is 10.1. The van der Waals surface area contributed by atoms with Crippen molar-refractivity contribution in [3.05, 3.63) is 48.4 Å². The molecule has 0 unspecified atom stereocenters. The molecule has 2 rings (SSSR count). The van der Waals surface area contributed by atoms with Crippen molar-refractivity contribution in [3.8, 4) is 0 Å². The largest absolute Gasteiger partial charge is 0.378 e. The van der Waals surface area contributed by atoms with Gasteiger partial charge in [0.25, 0.3) is 0 Å². The average molecular weight is 261 g/mol. The van der Waals surface area contributed by atoms with Crippen LogP contribution >= 0.6 is 0 Å². The molecule has 4 heteroatoms. The standard InChI is InChI=1S/C14H15NO2S/c1-4-18(16,17)14-8-6-11-9-13(15(2)3)7-5-12(11)10-14/h4-10H,1H2,2-3H3. The average Bonchev–Trinajstić information content (AvgIpc) is 2.37. The Hall–Kier alpha value is -1.81. The molecule has 0 fully saturated rings. The molecule has 0 N–H and O–H groups in total. The second-order valence-corrected chi connectivity index (χ2v) is 6.19. The van der Waals surface area contributed by atoms with E-state index >= 15 is 0 Å². The first-order valence-electron chi connectivity index (χ1n) is 5.53. The van der Waals surface area contributed by atoms with E-state index in [9.17, 15) is 8.42 Å². The number of anilines is 1. The molecule has 2 aromatic carbocycles. The van der Waals surface area contributed by atoms with Gasteiger partial charge in [-0.25, -0.2) is 8.42 Å². The van der Waals surface area contributed by atoms with Gasteiger partial charge in [0, 0.05) is 25.2 Å². The third-order valence-electron chi connectivity index (χ3n) is 2.86. The summed E-state index contributed by atoms with van der Waals surface area (Å²) in [6.07, 6.45) is 0. The van der Waals surface area contributed by atoms with E-state index in [4.69, 9.17) is 0 Å². The van der Waals surface area contributed by atoms with Crippen LogP contribution in [0.3, 0.4) is 0 Å². The lowest BCUT2D eigenvalue weighted by molar-refractivity contribution is 0.605. The Labute approximate surface area is 107 Å². The summed E-state index contributed by atoms with van der Waals surface area (Å²) in [6.45, 7) is 3.33. The lowest BCUT2D eigenvalue weighted by Crippen LogP contribution is -2.08. The van der Waals surface area contributed by atoms with Crippen molar-refractivity contribution >= 4 is 26.3 Å². The minimum absolute atomic E-state index is 0.280.